The van der Waals surface area contributed by atoms with Crippen molar-refractivity contribution in [3.05, 3.63) is 24.3 Å². The molecule has 0 aromatic carbocycles. The van der Waals surface area contributed by atoms with Gasteiger partial charge in [0.2, 0.25) is 0 Å². The summed E-state index contributed by atoms with van der Waals surface area (Å²) in [7, 11) is 0. The van der Waals surface area contributed by atoms with Gasteiger partial charge in [-0.3, -0.25) is 0 Å². The van der Waals surface area contributed by atoms with E-state index in [1.54, 1.807) is 6.08 Å². The highest BCUT2D eigenvalue weighted by molar-refractivity contribution is 5.81. The molecule has 1 rings (SSSR count). The minimum Gasteiger partial charge on any atom is -0.463 e. The van der Waals surface area contributed by atoms with Gasteiger partial charge in [-0.1, -0.05) is 18.2 Å². The Bertz CT molecular complexity index is 231. The van der Waals surface area contributed by atoms with Crippen LogP contribution in [-0.2, 0) is 9.53 Å². The Kier molecular flexibility index (Phi) is 4.44. The molecule has 0 bridgehead atoms. The fourth-order valence-electron chi connectivity index (χ4n) is 1.65. The summed E-state index contributed by atoms with van der Waals surface area (Å²) in [5.41, 5.74) is 1.34. The predicted octanol–water partition coefficient (Wildman–Crippen LogP) is 2.85. The lowest BCUT2D eigenvalue weighted by Crippen LogP contribution is -2.06. The van der Waals surface area contributed by atoms with Crippen molar-refractivity contribution in [2.75, 3.05) is 6.61 Å². The van der Waals surface area contributed by atoms with Gasteiger partial charge in [0.25, 0.3) is 0 Å². The number of esters is 1. The molecule has 0 aliphatic heterocycles. The fraction of sp³-hybridized carbons (Fsp3) is 0.583. The third kappa shape index (κ3) is 3.77. The maximum Gasteiger partial charge on any atom is 0.330 e. The molecule has 0 spiro atoms. The Hall–Kier alpha value is -1.05. The van der Waals surface area contributed by atoms with Crippen molar-refractivity contribution in [3.8, 4) is 0 Å². The summed E-state index contributed by atoms with van der Waals surface area (Å²) in [6.45, 7) is 6.22. The Morgan fingerprint density at radius 1 is 1.57 bits per heavy atom. The molecule has 1 aliphatic rings. The van der Waals surface area contributed by atoms with Gasteiger partial charge in [0.1, 0.15) is 0 Å². The molecule has 0 unspecified atom stereocenters. The van der Waals surface area contributed by atoms with E-state index >= 15 is 0 Å². The highest BCUT2D eigenvalue weighted by Crippen LogP contribution is 2.27. The lowest BCUT2D eigenvalue weighted by atomic mass is 9.86. The zero-order valence-electron chi connectivity index (χ0n) is 8.79. The zero-order chi connectivity index (χ0) is 10.4. The number of hydrogen-bond donors (Lipinski definition) is 0. The Balaban J connectivity index is 2.30. The van der Waals surface area contributed by atoms with Crippen LogP contribution in [0.5, 0.6) is 0 Å². The SMILES string of the molecule is C=C1CCC(C=CC(=O)OCC)CC1. The molecule has 1 saturated carbocycles. The lowest BCUT2D eigenvalue weighted by Gasteiger charge is -2.19. The molecule has 0 aromatic heterocycles. The van der Waals surface area contributed by atoms with Crippen LogP contribution in [0.2, 0.25) is 0 Å². The largest absolute Gasteiger partial charge is 0.463 e. The van der Waals surface area contributed by atoms with Crippen LogP contribution < -0.4 is 0 Å². The standard InChI is InChI=1S/C12H18O2/c1-3-14-12(13)9-8-11-6-4-10(2)5-7-11/h8-9,11H,2-7H2,1H3. The summed E-state index contributed by atoms with van der Waals surface area (Å²) in [5, 5.41) is 0. The van der Waals surface area contributed by atoms with Crippen LogP contribution in [0.3, 0.4) is 0 Å². The number of rotatable bonds is 3. The van der Waals surface area contributed by atoms with Gasteiger partial charge in [0.05, 0.1) is 6.61 Å². The van der Waals surface area contributed by atoms with Gasteiger partial charge < -0.3 is 4.74 Å². The summed E-state index contributed by atoms with van der Waals surface area (Å²) in [5.74, 6) is 0.307. The maximum absolute atomic E-state index is 11.0. The van der Waals surface area contributed by atoms with Gasteiger partial charge in [-0.2, -0.15) is 0 Å². The topological polar surface area (TPSA) is 26.3 Å². The molecule has 0 heterocycles. The van der Waals surface area contributed by atoms with E-state index < -0.39 is 0 Å². The van der Waals surface area contributed by atoms with Crippen LogP contribution in [0.15, 0.2) is 24.3 Å². The van der Waals surface area contributed by atoms with Crippen LogP contribution in [0.1, 0.15) is 32.6 Å². The second-order valence-electron chi connectivity index (χ2n) is 3.70. The number of hydrogen-bond acceptors (Lipinski definition) is 2. The van der Waals surface area contributed by atoms with Crippen molar-refractivity contribution in [1.29, 1.82) is 0 Å². The average molecular weight is 194 g/mol. The first-order valence-electron chi connectivity index (χ1n) is 5.24. The van der Waals surface area contributed by atoms with E-state index in [0.717, 1.165) is 25.7 Å². The number of allylic oxidation sites excluding steroid dienone is 2. The van der Waals surface area contributed by atoms with Crippen molar-refractivity contribution in [2.45, 2.75) is 32.6 Å². The minimum absolute atomic E-state index is 0.225. The second-order valence-corrected chi connectivity index (χ2v) is 3.70. The van der Waals surface area contributed by atoms with Crippen LogP contribution in [0.25, 0.3) is 0 Å². The van der Waals surface area contributed by atoms with Gasteiger partial charge >= 0.3 is 5.97 Å². The second kappa shape index (κ2) is 5.63. The third-order valence-corrected chi connectivity index (χ3v) is 2.53. The van der Waals surface area contributed by atoms with Crippen molar-refractivity contribution in [2.24, 2.45) is 5.92 Å². The third-order valence-electron chi connectivity index (χ3n) is 2.53. The van der Waals surface area contributed by atoms with Crippen molar-refractivity contribution < 1.29 is 9.53 Å². The quantitative estimate of drug-likeness (QED) is 0.392. The highest BCUT2D eigenvalue weighted by atomic mass is 16.5. The van der Waals surface area contributed by atoms with Crippen molar-refractivity contribution in [3.63, 3.8) is 0 Å². The van der Waals surface area contributed by atoms with Crippen LogP contribution in [-0.4, -0.2) is 12.6 Å². The first-order chi connectivity index (χ1) is 6.72. The van der Waals surface area contributed by atoms with Crippen molar-refractivity contribution in [1.82, 2.24) is 0 Å². The Morgan fingerprint density at radius 2 is 2.21 bits per heavy atom. The summed E-state index contributed by atoms with van der Waals surface area (Å²) >= 11 is 0. The van der Waals surface area contributed by atoms with Crippen LogP contribution >= 0.6 is 0 Å². The smallest absolute Gasteiger partial charge is 0.330 e. The maximum atomic E-state index is 11.0. The Morgan fingerprint density at radius 3 is 2.79 bits per heavy atom. The summed E-state index contributed by atoms with van der Waals surface area (Å²) in [6.07, 6.45) is 7.96. The van der Waals surface area contributed by atoms with E-state index in [1.807, 2.05) is 13.0 Å². The molecule has 1 aliphatic carbocycles. The van der Waals surface area contributed by atoms with Gasteiger partial charge in [-0.15, -0.1) is 0 Å². The number of carbonyl (C=O) groups is 1. The summed E-state index contributed by atoms with van der Waals surface area (Å²) in [6, 6.07) is 0. The highest BCUT2D eigenvalue weighted by Gasteiger charge is 2.12. The van der Waals surface area contributed by atoms with E-state index in [9.17, 15) is 4.79 Å². The van der Waals surface area contributed by atoms with E-state index in [-0.39, 0.29) is 5.97 Å². The molecule has 0 saturated heterocycles. The predicted molar refractivity (Wildman–Crippen MR) is 56.9 cm³/mol. The number of carbonyl (C=O) groups excluding carboxylic acids is 1. The van der Waals surface area contributed by atoms with E-state index in [4.69, 9.17) is 4.74 Å². The molecule has 0 amide bonds. The molecule has 1 fully saturated rings. The average Bonchev–Trinajstić information content (AvgIpc) is 2.17. The molecule has 0 radical (unpaired) electrons. The molecular formula is C12H18O2. The van der Waals surface area contributed by atoms with E-state index in [1.165, 1.54) is 5.57 Å². The summed E-state index contributed by atoms with van der Waals surface area (Å²) < 4.78 is 4.81. The molecule has 2 heteroatoms. The fourth-order valence-corrected chi connectivity index (χ4v) is 1.65. The molecule has 0 N–H and O–H groups in total. The van der Waals surface area contributed by atoms with E-state index in [2.05, 4.69) is 6.58 Å². The first kappa shape index (κ1) is 11.0. The van der Waals surface area contributed by atoms with Gasteiger partial charge in [0, 0.05) is 6.08 Å². The minimum atomic E-state index is -0.225. The molecule has 2 nitrogen and oxygen atoms in total. The monoisotopic (exact) mass is 194 g/mol. The van der Waals surface area contributed by atoms with E-state index in [0.29, 0.717) is 12.5 Å². The molecule has 14 heavy (non-hydrogen) atoms. The lowest BCUT2D eigenvalue weighted by molar-refractivity contribution is -0.137. The number of ether oxygens (including phenoxy) is 1. The normalized spacial score (nSPS) is 18.8. The van der Waals surface area contributed by atoms with Crippen LogP contribution in [0, 0.1) is 5.92 Å². The van der Waals surface area contributed by atoms with Crippen molar-refractivity contribution >= 4 is 5.97 Å². The van der Waals surface area contributed by atoms with Crippen LogP contribution in [0.4, 0.5) is 0 Å². The Labute approximate surface area is 85.6 Å². The van der Waals surface area contributed by atoms with Gasteiger partial charge in [0.15, 0.2) is 0 Å². The zero-order valence-corrected chi connectivity index (χ0v) is 8.79. The summed E-state index contributed by atoms with van der Waals surface area (Å²) in [4.78, 5) is 11.0. The molecule has 0 aromatic rings. The molecule has 78 valence electrons. The van der Waals surface area contributed by atoms with Gasteiger partial charge in [-0.25, -0.2) is 4.79 Å². The molecule has 0 atom stereocenters. The van der Waals surface area contributed by atoms with Gasteiger partial charge in [-0.05, 0) is 38.5 Å². The molecular weight excluding hydrogens is 176 g/mol. The first-order valence-corrected chi connectivity index (χ1v) is 5.24.